The van der Waals surface area contributed by atoms with Crippen molar-refractivity contribution >= 4 is 12.3 Å². The van der Waals surface area contributed by atoms with Crippen molar-refractivity contribution in [2.45, 2.75) is 6.42 Å². The summed E-state index contributed by atoms with van der Waals surface area (Å²) < 4.78 is 6.18. The summed E-state index contributed by atoms with van der Waals surface area (Å²) in [5, 5.41) is 0. The lowest BCUT2D eigenvalue weighted by Crippen LogP contribution is -2.09. The Balaban J connectivity index is 2.84. The molecule has 0 aromatic carbocycles. The highest BCUT2D eigenvalue weighted by molar-refractivity contribution is 5.75. The quantitative estimate of drug-likeness (QED) is 0.505. The molecule has 0 saturated heterocycles. The highest BCUT2D eigenvalue weighted by atomic mass is 16.5. The molecule has 0 amide bonds. The number of aromatic nitrogens is 1. The second-order valence-electron chi connectivity index (χ2n) is 2.68. The molecule has 1 aromatic heterocycles. The molecule has 13 heavy (non-hydrogen) atoms. The van der Waals surface area contributed by atoms with Crippen molar-refractivity contribution < 1.29 is 14.3 Å². The van der Waals surface area contributed by atoms with E-state index >= 15 is 0 Å². The molecule has 0 unspecified atom stereocenters. The molecule has 1 rings (SSSR count). The number of aldehydes is 1. The largest absolute Gasteiger partial charge is 0.469 e. The topological polar surface area (TPSA) is 48.3 Å². The average Bonchev–Trinajstić information content (AvgIpc) is 2.48. The molecular weight excluding hydrogens is 170 g/mol. The van der Waals surface area contributed by atoms with Crippen LogP contribution >= 0.6 is 0 Å². The first-order valence-corrected chi connectivity index (χ1v) is 3.85. The molecule has 0 N–H and O–H groups in total. The zero-order valence-corrected chi connectivity index (χ0v) is 7.61. The van der Waals surface area contributed by atoms with E-state index in [2.05, 4.69) is 4.74 Å². The minimum absolute atomic E-state index is 0.195. The fraction of sp³-hybridized carbons (Fsp3) is 0.333. The Bertz CT molecular complexity index is 328. The number of methoxy groups -OCH3 is 1. The van der Waals surface area contributed by atoms with Gasteiger partial charge in [-0.25, -0.2) is 0 Å². The second kappa shape index (κ2) is 3.89. The Labute approximate surface area is 76.1 Å². The molecule has 4 heteroatoms. The van der Waals surface area contributed by atoms with Gasteiger partial charge in [-0.2, -0.15) is 0 Å². The molecule has 4 nitrogen and oxygen atoms in total. The lowest BCUT2D eigenvalue weighted by atomic mass is 10.3. The zero-order valence-electron chi connectivity index (χ0n) is 7.61. The smallest absolute Gasteiger partial charge is 0.311 e. The summed E-state index contributed by atoms with van der Waals surface area (Å²) in [6.07, 6.45) is 0.946. The van der Waals surface area contributed by atoms with Gasteiger partial charge in [0, 0.05) is 12.7 Å². The first-order valence-electron chi connectivity index (χ1n) is 3.85. The summed E-state index contributed by atoms with van der Waals surface area (Å²) in [5.74, 6) is -0.307. The summed E-state index contributed by atoms with van der Waals surface area (Å²) in [4.78, 5) is 21.4. The van der Waals surface area contributed by atoms with E-state index in [4.69, 9.17) is 0 Å². The van der Waals surface area contributed by atoms with Crippen LogP contribution in [0, 0.1) is 0 Å². The summed E-state index contributed by atoms with van der Waals surface area (Å²) in [5.41, 5.74) is 1.33. The maximum absolute atomic E-state index is 10.9. The van der Waals surface area contributed by atoms with E-state index in [9.17, 15) is 9.59 Å². The van der Waals surface area contributed by atoms with Crippen molar-refractivity contribution in [1.82, 2.24) is 4.57 Å². The number of ether oxygens (including phenoxy) is 1. The Morgan fingerprint density at radius 1 is 1.62 bits per heavy atom. The molecule has 0 aliphatic rings. The van der Waals surface area contributed by atoms with Gasteiger partial charge in [0.25, 0.3) is 0 Å². The third-order valence-electron chi connectivity index (χ3n) is 1.94. The van der Waals surface area contributed by atoms with Gasteiger partial charge in [-0.15, -0.1) is 0 Å². The minimum atomic E-state index is -0.307. The average molecular weight is 181 g/mol. The van der Waals surface area contributed by atoms with Crippen LogP contribution in [0.4, 0.5) is 0 Å². The van der Waals surface area contributed by atoms with Crippen molar-refractivity contribution in [2.24, 2.45) is 7.05 Å². The predicted molar refractivity (Wildman–Crippen MR) is 46.5 cm³/mol. The van der Waals surface area contributed by atoms with E-state index in [0.717, 1.165) is 12.0 Å². The van der Waals surface area contributed by atoms with Crippen LogP contribution in [-0.4, -0.2) is 23.9 Å². The number of hydrogen-bond donors (Lipinski definition) is 0. The van der Waals surface area contributed by atoms with Crippen LogP contribution in [0.2, 0.25) is 0 Å². The normalized spacial score (nSPS) is 9.69. The molecule has 1 heterocycles. The van der Waals surface area contributed by atoms with Gasteiger partial charge in [0.05, 0.1) is 19.2 Å². The number of rotatable bonds is 3. The summed E-state index contributed by atoms with van der Waals surface area (Å²) in [6, 6.07) is 3.41. The van der Waals surface area contributed by atoms with Gasteiger partial charge in [0.1, 0.15) is 0 Å². The number of esters is 1. The van der Waals surface area contributed by atoms with Crippen LogP contribution in [0.1, 0.15) is 16.2 Å². The molecular formula is C9H11NO3. The first-order chi connectivity index (χ1) is 6.19. The van der Waals surface area contributed by atoms with Crippen LogP contribution in [-0.2, 0) is 23.0 Å². The summed E-state index contributed by atoms with van der Waals surface area (Å²) >= 11 is 0. The molecule has 70 valence electrons. The second-order valence-corrected chi connectivity index (χ2v) is 2.68. The fourth-order valence-corrected chi connectivity index (χ4v) is 1.09. The van der Waals surface area contributed by atoms with Gasteiger partial charge in [-0.05, 0) is 12.1 Å². The van der Waals surface area contributed by atoms with Crippen LogP contribution in [0.25, 0.3) is 0 Å². The van der Waals surface area contributed by atoms with Gasteiger partial charge >= 0.3 is 5.97 Å². The molecule has 1 aromatic rings. The van der Waals surface area contributed by atoms with Gasteiger partial charge in [0.2, 0.25) is 0 Å². The maximum atomic E-state index is 10.9. The molecule has 0 aliphatic heterocycles. The molecule has 0 fully saturated rings. The van der Waals surface area contributed by atoms with E-state index in [1.165, 1.54) is 7.11 Å². The van der Waals surface area contributed by atoms with Crippen molar-refractivity contribution in [3.05, 3.63) is 23.5 Å². The van der Waals surface area contributed by atoms with Crippen LogP contribution in [0.15, 0.2) is 12.1 Å². The van der Waals surface area contributed by atoms with Crippen LogP contribution in [0.3, 0.4) is 0 Å². The number of carbonyl (C=O) groups excluding carboxylic acids is 2. The lowest BCUT2D eigenvalue weighted by Gasteiger charge is -2.02. The molecule has 0 saturated carbocycles. The van der Waals surface area contributed by atoms with E-state index in [1.807, 2.05) is 0 Å². The molecule has 0 radical (unpaired) electrons. The zero-order chi connectivity index (χ0) is 9.84. The third kappa shape index (κ3) is 1.96. The van der Waals surface area contributed by atoms with E-state index in [-0.39, 0.29) is 12.4 Å². The van der Waals surface area contributed by atoms with Crippen molar-refractivity contribution in [3.63, 3.8) is 0 Å². The van der Waals surface area contributed by atoms with Gasteiger partial charge in [-0.3, -0.25) is 9.59 Å². The Hall–Kier alpha value is -1.58. The summed E-state index contributed by atoms with van der Waals surface area (Å²) in [6.45, 7) is 0. The maximum Gasteiger partial charge on any atom is 0.311 e. The van der Waals surface area contributed by atoms with Crippen molar-refractivity contribution in [3.8, 4) is 0 Å². The standard InChI is InChI=1S/C9H11NO3/c1-10-7(5-9(12)13-2)3-4-8(10)6-11/h3-4,6H,5H2,1-2H3. The van der Waals surface area contributed by atoms with Gasteiger partial charge < -0.3 is 9.30 Å². The Kier molecular flexibility index (Phi) is 2.84. The van der Waals surface area contributed by atoms with Crippen molar-refractivity contribution in [2.75, 3.05) is 7.11 Å². The number of carbonyl (C=O) groups is 2. The molecule has 0 bridgehead atoms. The predicted octanol–water partition coefficient (Wildman–Crippen LogP) is 0.553. The highest BCUT2D eigenvalue weighted by Gasteiger charge is 2.08. The van der Waals surface area contributed by atoms with Crippen LogP contribution in [0.5, 0.6) is 0 Å². The van der Waals surface area contributed by atoms with E-state index in [1.54, 1.807) is 23.7 Å². The fourth-order valence-electron chi connectivity index (χ4n) is 1.09. The van der Waals surface area contributed by atoms with Gasteiger partial charge in [-0.1, -0.05) is 0 Å². The monoisotopic (exact) mass is 181 g/mol. The first kappa shape index (κ1) is 9.51. The highest BCUT2D eigenvalue weighted by Crippen LogP contribution is 2.06. The van der Waals surface area contributed by atoms with Gasteiger partial charge in [0.15, 0.2) is 6.29 Å². The van der Waals surface area contributed by atoms with E-state index in [0.29, 0.717) is 5.69 Å². The van der Waals surface area contributed by atoms with Crippen LogP contribution < -0.4 is 0 Å². The third-order valence-corrected chi connectivity index (χ3v) is 1.94. The summed E-state index contributed by atoms with van der Waals surface area (Å²) in [7, 11) is 3.08. The number of hydrogen-bond acceptors (Lipinski definition) is 3. The minimum Gasteiger partial charge on any atom is -0.469 e. The van der Waals surface area contributed by atoms with Crippen molar-refractivity contribution in [1.29, 1.82) is 0 Å². The lowest BCUT2D eigenvalue weighted by molar-refractivity contribution is -0.139. The Morgan fingerprint density at radius 2 is 2.31 bits per heavy atom. The van der Waals surface area contributed by atoms with E-state index < -0.39 is 0 Å². The molecule has 0 spiro atoms. The number of nitrogens with zero attached hydrogens (tertiary/aromatic N) is 1. The Morgan fingerprint density at radius 3 is 2.77 bits per heavy atom. The SMILES string of the molecule is COC(=O)Cc1ccc(C=O)n1C. The molecule has 0 atom stereocenters. The molecule has 0 aliphatic carbocycles.